The molecule has 4 heterocycles. The van der Waals surface area contributed by atoms with Crippen LogP contribution in [0.3, 0.4) is 0 Å². The normalized spacial score (nSPS) is 23.4. The van der Waals surface area contributed by atoms with Gasteiger partial charge in [-0.3, -0.25) is 9.59 Å². The molecule has 1 fully saturated rings. The standard InChI is InChI=1S/C21H21N5O2/c1-2-5-17-21(15-6-3-4-7-16(15)24-20(21)28)9-11-25(17)19(27)14-8-10-26-18(12-14)22-13-23-26/h3-4,6-8,10,12-13,17H,2,5,9,11H2,1H3,(H,24,28)/t17-,21+/m0/s1. The molecule has 2 aliphatic heterocycles. The first-order chi connectivity index (χ1) is 13.6. The number of hydrogen-bond acceptors (Lipinski definition) is 4. The number of carbonyl (C=O) groups excluding carboxylic acids is 2. The van der Waals surface area contributed by atoms with E-state index in [-0.39, 0.29) is 17.9 Å². The number of amides is 2. The first-order valence-electron chi connectivity index (χ1n) is 9.66. The van der Waals surface area contributed by atoms with Crippen molar-refractivity contribution in [3.8, 4) is 0 Å². The van der Waals surface area contributed by atoms with Gasteiger partial charge in [0.2, 0.25) is 5.91 Å². The molecule has 5 rings (SSSR count). The maximum atomic E-state index is 13.4. The molecule has 1 aromatic carbocycles. The lowest BCUT2D eigenvalue weighted by Gasteiger charge is -2.34. The molecule has 1 saturated heterocycles. The SMILES string of the molecule is CCC[C@@H]1N(C(=O)c2ccn3ncnc3c2)CC[C@]12C(=O)Nc1ccccc12. The summed E-state index contributed by atoms with van der Waals surface area (Å²) in [5.74, 6) is -0.0478. The van der Waals surface area contributed by atoms with Crippen molar-refractivity contribution in [2.24, 2.45) is 0 Å². The topological polar surface area (TPSA) is 79.6 Å². The number of anilines is 1. The van der Waals surface area contributed by atoms with Crippen molar-refractivity contribution in [3.63, 3.8) is 0 Å². The van der Waals surface area contributed by atoms with Gasteiger partial charge in [0.15, 0.2) is 5.65 Å². The molecule has 28 heavy (non-hydrogen) atoms. The van der Waals surface area contributed by atoms with Crippen molar-refractivity contribution >= 4 is 23.1 Å². The molecule has 1 spiro atoms. The molecular formula is C21H21N5O2. The van der Waals surface area contributed by atoms with E-state index in [9.17, 15) is 9.59 Å². The van der Waals surface area contributed by atoms with E-state index in [0.29, 0.717) is 24.2 Å². The Morgan fingerprint density at radius 2 is 2.18 bits per heavy atom. The molecule has 2 atom stereocenters. The zero-order valence-electron chi connectivity index (χ0n) is 15.6. The van der Waals surface area contributed by atoms with Gasteiger partial charge in [0.05, 0.1) is 11.5 Å². The van der Waals surface area contributed by atoms with Gasteiger partial charge in [-0.05, 0) is 36.6 Å². The average Bonchev–Trinajstić information content (AvgIpc) is 3.39. The number of nitrogens with one attached hydrogen (secondary N) is 1. The van der Waals surface area contributed by atoms with Crippen LogP contribution in [0.4, 0.5) is 5.69 Å². The average molecular weight is 375 g/mol. The summed E-state index contributed by atoms with van der Waals surface area (Å²) in [6.07, 6.45) is 5.52. The number of aromatic nitrogens is 3. The molecule has 2 aromatic heterocycles. The second-order valence-corrected chi connectivity index (χ2v) is 7.50. The van der Waals surface area contributed by atoms with Crippen molar-refractivity contribution in [2.45, 2.75) is 37.6 Å². The lowest BCUT2D eigenvalue weighted by Crippen LogP contribution is -2.48. The van der Waals surface area contributed by atoms with Crippen LogP contribution in [-0.2, 0) is 10.2 Å². The van der Waals surface area contributed by atoms with Gasteiger partial charge in [-0.1, -0.05) is 31.5 Å². The largest absolute Gasteiger partial charge is 0.334 e. The number of rotatable bonds is 3. The molecule has 142 valence electrons. The molecule has 0 saturated carbocycles. The van der Waals surface area contributed by atoms with Gasteiger partial charge in [-0.2, -0.15) is 5.10 Å². The summed E-state index contributed by atoms with van der Waals surface area (Å²) in [5, 5.41) is 7.12. The second kappa shape index (κ2) is 6.15. The van der Waals surface area contributed by atoms with Crippen molar-refractivity contribution in [2.75, 3.05) is 11.9 Å². The third-order valence-corrected chi connectivity index (χ3v) is 6.10. The molecule has 0 radical (unpaired) electrons. The minimum absolute atomic E-state index is 0.00959. The van der Waals surface area contributed by atoms with Crippen LogP contribution < -0.4 is 5.32 Å². The van der Waals surface area contributed by atoms with Crippen molar-refractivity contribution < 1.29 is 9.59 Å². The Balaban J connectivity index is 1.56. The highest BCUT2D eigenvalue weighted by atomic mass is 16.2. The van der Waals surface area contributed by atoms with Crippen LogP contribution in [0.25, 0.3) is 5.65 Å². The van der Waals surface area contributed by atoms with Crippen molar-refractivity contribution in [1.82, 2.24) is 19.5 Å². The van der Waals surface area contributed by atoms with Crippen LogP contribution in [0.5, 0.6) is 0 Å². The number of fused-ring (bicyclic) bond motifs is 3. The molecule has 0 unspecified atom stereocenters. The Morgan fingerprint density at radius 3 is 3.04 bits per heavy atom. The Labute approximate surface area is 162 Å². The summed E-state index contributed by atoms with van der Waals surface area (Å²) in [5.41, 5.74) is 2.43. The molecule has 0 aliphatic carbocycles. The quantitative estimate of drug-likeness (QED) is 0.763. The highest BCUT2D eigenvalue weighted by Gasteiger charge is 2.58. The summed E-state index contributed by atoms with van der Waals surface area (Å²) in [7, 11) is 0. The molecule has 7 nitrogen and oxygen atoms in total. The summed E-state index contributed by atoms with van der Waals surface area (Å²) in [4.78, 5) is 32.6. The minimum Gasteiger partial charge on any atom is -0.334 e. The van der Waals surface area contributed by atoms with Gasteiger partial charge >= 0.3 is 0 Å². The number of nitrogens with zero attached hydrogens (tertiary/aromatic N) is 4. The fraction of sp³-hybridized carbons (Fsp3) is 0.333. The lowest BCUT2D eigenvalue weighted by atomic mass is 9.73. The summed E-state index contributed by atoms with van der Waals surface area (Å²) < 4.78 is 1.63. The van der Waals surface area contributed by atoms with Gasteiger partial charge in [0.1, 0.15) is 6.33 Å². The predicted molar refractivity (Wildman–Crippen MR) is 104 cm³/mol. The second-order valence-electron chi connectivity index (χ2n) is 7.50. The van der Waals surface area contributed by atoms with E-state index in [1.807, 2.05) is 29.2 Å². The Hall–Kier alpha value is -3.22. The number of likely N-dealkylation sites (tertiary alicyclic amines) is 1. The van der Waals surface area contributed by atoms with Crippen molar-refractivity contribution in [1.29, 1.82) is 0 Å². The minimum atomic E-state index is -0.665. The van der Waals surface area contributed by atoms with E-state index in [0.717, 1.165) is 24.1 Å². The molecule has 2 aliphatic rings. The van der Waals surface area contributed by atoms with Gasteiger partial charge < -0.3 is 10.2 Å². The van der Waals surface area contributed by atoms with Crippen LogP contribution in [0.1, 0.15) is 42.1 Å². The maximum Gasteiger partial charge on any atom is 0.254 e. The van der Waals surface area contributed by atoms with E-state index >= 15 is 0 Å². The Kier molecular flexibility index (Phi) is 3.72. The third-order valence-electron chi connectivity index (χ3n) is 6.10. The van der Waals surface area contributed by atoms with Crippen molar-refractivity contribution in [3.05, 3.63) is 60.0 Å². The molecule has 2 amide bonds. The smallest absolute Gasteiger partial charge is 0.254 e. The van der Waals surface area contributed by atoms with Crippen LogP contribution in [0.2, 0.25) is 0 Å². The summed E-state index contributed by atoms with van der Waals surface area (Å²) in [6.45, 7) is 2.65. The summed E-state index contributed by atoms with van der Waals surface area (Å²) >= 11 is 0. The first-order valence-corrected chi connectivity index (χ1v) is 9.66. The van der Waals surface area contributed by atoms with E-state index in [1.165, 1.54) is 6.33 Å². The van der Waals surface area contributed by atoms with Crippen LogP contribution in [-0.4, -0.2) is 43.9 Å². The van der Waals surface area contributed by atoms with Gasteiger partial charge in [-0.25, -0.2) is 9.50 Å². The fourth-order valence-corrected chi connectivity index (χ4v) is 4.83. The van der Waals surface area contributed by atoms with E-state index in [2.05, 4.69) is 22.3 Å². The first kappa shape index (κ1) is 16.9. The van der Waals surface area contributed by atoms with Gasteiger partial charge in [0.25, 0.3) is 5.91 Å². The molecule has 7 heteroatoms. The number of carbonyl (C=O) groups is 2. The number of para-hydroxylation sites is 1. The fourth-order valence-electron chi connectivity index (χ4n) is 4.83. The van der Waals surface area contributed by atoms with E-state index in [4.69, 9.17) is 0 Å². The molecule has 1 N–H and O–H groups in total. The molecular weight excluding hydrogens is 354 g/mol. The maximum absolute atomic E-state index is 13.4. The third kappa shape index (κ3) is 2.22. The van der Waals surface area contributed by atoms with Crippen LogP contribution in [0.15, 0.2) is 48.9 Å². The highest BCUT2D eigenvalue weighted by molar-refractivity contribution is 6.08. The van der Waals surface area contributed by atoms with Gasteiger partial charge in [-0.15, -0.1) is 0 Å². The number of benzene rings is 1. The Bertz CT molecular complexity index is 1090. The Morgan fingerprint density at radius 1 is 1.32 bits per heavy atom. The van der Waals surface area contributed by atoms with E-state index in [1.54, 1.807) is 22.8 Å². The predicted octanol–water partition coefficient (Wildman–Crippen LogP) is 2.63. The zero-order valence-corrected chi connectivity index (χ0v) is 15.6. The highest BCUT2D eigenvalue weighted by Crippen LogP contribution is 2.49. The molecule has 0 bridgehead atoms. The number of hydrogen-bond donors (Lipinski definition) is 1. The van der Waals surface area contributed by atoms with Crippen LogP contribution >= 0.6 is 0 Å². The molecule has 3 aromatic rings. The monoisotopic (exact) mass is 375 g/mol. The summed E-state index contributed by atoms with van der Waals surface area (Å²) in [6, 6.07) is 11.2. The number of pyridine rings is 1. The van der Waals surface area contributed by atoms with E-state index < -0.39 is 5.41 Å². The zero-order chi connectivity index (χ0) is 19.3. The lowest BCUT2D eigenvalue weighted by molar-refractivity contribution is -0.121. The van der Waals surface area contributed by atoms with Crippen LogP contribution in [0, 0.1) is 0 Å². The van der Waals surface area contributed by atoms with Gasteiger partial charge in [0, 0.05) is 24.0 Å².